The van der Waals surface area contributed by atoms with Crippen molar-refractivity contribution in [3.63, 3.8) is 0 Å². The van der Waals surface area contributed by atoms with Gasteiger partial charge in [0.15, 0.2) is 0 Å². The van der Waals surface area contributed by atoms with E-state index in [9.17, 15) is 0 Å². The maximum atomic E-state index is 6.00. The second-order valence-corrected chi connectivity index (χ2v) is 8.03. The zero-order valence-corrected chi connectivity index (χ0v) is 21.0. The van der Waals surface area contributed by atoms with Gasteiger partial charge in [0.05, 0.1) is 6.61 Å². The van der Waals surface area contributed by atoms with Crippen molar-refractivity contribution < 1.29 is 4.74 Å². The van der Waals surface area contributed by atoms with E-state index in [-0.39, 0.29) is 12.4 Å². The number of rotatable bonds is 22. The number of unbranched alkanes of at least 4 members (excludes halogenated alkanes) is 1. The van der Waals surface area contributed by atoms with E-state index in [0.717, 1.165) is 116 Å². The van der Waals surface area contributed by atoms with E-state index in [4.69, 9.17) is 16.2 Å². The van der Waals surface area contributed by atoms with E-state index < -0.39 is 0 Å². The Hall–Kier alpha value is -0.930. The fourth-order valence-electron chi connectivity index (χ4n) is 3.20. The van der Waals surface area contributed by atoms with Gasteiger partial charge in [0.2, 0.25) is 0 Å². The molecule has 0 spiro atoms. The predicted molar refractivity (Wildman–Crippen MR) is 140 cm³/mol. The minimum absolute atomic E-state index is 0. The molecule has 7 nitrogen and oxygen atoms in total. The van der Waals surface area contributed by atoms with Gasteiger partial charge < -0.3 is 37.5 Å². The van der Waals surface area contributed by atoms with Crippen LogP contribution in [0.3, 0.4) is 0 Å². The van der Waals surface area contributed by atoms with Gasteiger partial charge in [-0.2, -0.15) is 0 Å². The molecule has 0 atom stereocenters. The third kappa shape index (κ3) is 17.6. The van der Waals surface area contributed by atoms with Gasteiger partial charge in [-0.3, -0.25) is 0 Å². The second kappa shape index (κ2) is 23.2. The zero-order valence-electron chi connectivity index (χ0n) is 20.2. The first-order chi connectivity index (χ1) is 15.3. The molecular formula is C24H49ClN6O. The third-order valence-electron chi connectivity index (χ3n) is 4.98. The summed E-state index contributed by atoms with van der Waals surface area (Å²) >= 11 is 0. The molecule has 0 aliphatic heterocycles. The molecule has 0 aliphatic rings. The van der Waals surface area contributed by atoms with Crippen molar-refractivity contribution in [1.82, 2.24) is 21.3 Å². The minimum Gasteiger partial charge on any atom is -0.494 e. The summed E-state index contributed by atoms with van der Waals surface area (Å²) < 4.78 is 6.00. The van der Waals surface area contributed by atoms with Crippen molar-refractivity contribution >= 4 is 12.4 Å². The number of hydrogen-bond donors (Lipinski definition) is 6. The SMILES string of the molecule is CCCCOc1cc(CNCCCNCCCN)cc(CNCCCNCCCN)c1.Cl. The number of nitrogens with two attached hydrogens (primary N) is 2. The lowest BCUT2D eigenvalue weighted by Crippen LogP contribution is -2.24. The molecule has 0 bridgehead atoms. The molecule has 0 fully saturated rings. The lowest BCUT2D eigenvalue weighted by molar-refractivity contribution is 0.308. The Morgan fingerprint density at radius 1 is 0.656 bits per heavy atom. The lowest BCUT2D eigenvalue weighted by Gasteiger charge is -2.13. The summed E-state index contributed by atoms with van der Waals surface area (Å²) in [6.07, 6.45) is 6.55. The molecule has 0 unspecified atom stereocenters. The molecule has 0 radical (unpaired) electrons. The molecule has 0 aliphatic carbocycles. The first-order valence-corrected chi connectivity index (χ1v) is 12.3. The minimum atomic E-state index is 0. The smallest absolute Gasteiger partial charge is 0.119 e. The number of hydrogen-bond acceptors (Lipinski definition) is 7. The van der Waals surface area contributed by atoms with Crippen molar-refractivity contribution in [1.29, 1.82) is 0 Å². The van der Waals surface area contributed by atoms with Crippen LogP contribution in [-0.2, 0) is 13.1 Å². The van der Waals surface area contributed by atoms with Gasteiger partial charge in [0.25, 0.3) is 0 Å². The Balaban J connectivity index is 0.00000961. The second-order valence-electron chi connectivity index (χ2n) is 8.03. The highest BCUT2D eigenvalue weighted by Crippen LogP contribution is 2.18. The molecule has 188 valence electrons. The maximum absolute atomic E-state index is 6.00. The van der Waals surface area contributed by atoms with E-state index in [0.29, 0.717) is 0 Å². The van der Waals surface area contributed by atoms with Crippen molar-refractivity contribution in [3.8, 4) is 5.75 Å². The molecule has 0 amide bonds. The number of ether oxygens (including phenoxy) is 1. The normalized spacial score (nSPS) is 10.8. The van der Waals surface area contributed by atoms with Crippen LogP contribution in [0.5, 0.6) is 5.75 Å². The molecular weight excluding hydrogens is 424 g/mol. The highest BCUT2D eigenvalue weighted by molar-refractivity contribution is 5.85. The molecule has 1 rings (SSSR count). The molecule has 0 saturated carbocycles. The standard InChI is InChI=1S/C24H48N6O.ClH/c1-2-3-16-31-24-18-22(20-29-14-6-12-27-10-4-8-25)17-23(19-24)21-30-15-7-13-28-11-5-9-26;/h17-19,27-30H,2-16,20-21,25-26H2,1H3;1H. The molecule has 1 aromatic rings. The van der Waals surface area contributed by atoms with Crippen LogP contribution >= 0.6 is 12.4 Å². The predicted octanol–water partition coefficient (Wildman–Crippen LogP) is 2.12. The highest BCUT2D eigenvalue weighted by atomic mass is 35.5. The van der Waals surface area contributed by atoms with Gasteiger partial charge in [-0.05, 0) is 108 Å². The van der Waals surface area contributed by atoms with Crippen molar-refractivity contribution in [2.45, 2.75) is 58.5 Å². The topological polar surface area (TPSA) is 109 Å². The van der Waals surface area contributed by atoms with E-state index in [1.807, 2.05) is 0 Å². The Morgan fingerprint density at radius 3 is 1.59 bits per heavy atom. The van der Waals surface area contributed by atoms with Gasteiger partial charge >= 0.3 is 0 Å². The van der Waals surface area contributed by atoms with E-state index in [2.05, 4.69) is 46.4 Å². The fraction of sp³-hybridized carbons (Fsp3) is 0.750. The highest BCUT2D eigenvalue weighted by Gasteiger charge is 2.03. The average Bonchev–Trinajstić information content (AvgIpc) is 2.77. The molecule has 32 heavy (non-hydrogen) atoms. The van der Waals surface area contributed by atoms with Crippen LogP contribution in [0.2, 0.25) is 0 Å². The van der Waals surface area contributed by atoms with Crippen LogP contribution in [0.25, 0.3) is 0 Å². The number of nitrogens with one attached hydrogen (secondary N) is 4. The van der Waals surface area contributed by atoms with Crippen LogP contribution in [0.4, 0.5) is 0 Å². The van der Waals surface area contributed by atoms with E-state index >= 15 is 0 Å². The first kappa shape index (κ1) is 31.1. The molecule has 0 heterocycles. The van der Waals surface area contributed by atoms with Crippen LogP contribution in [-0.4, -0.2) is 59.0 Å². The Labute approximate surface area is 202 Å². The molecule has 0 aromatic heterocycles. The monoisotopic (exact) mass is 472 g/mol. The summed E-state index contributed by atoms with van der Waals surface area (Å²) in [6.45, 7) is 12.3. The van der Waals surface area contributed by atoms with Gasteiger partial charge in [0, 0.05) is 13.1 Å². The van der Waals surface area contributed by atoms with E-state index in [1.54, 1.807) is 0 Å². The lowest BCUT2D eigenvalue weighted by atomic mass is 10.1. The summed E-state index contributed by atoms with van der Waals surface area (Å²) in [6, 6.07) is 6.63. The summed E-state index contributed by atoms with van der Waals surface area (Å²) in [5, 5.41) is 14.0. The summed E-state index contributed by atoms with van der Waals surface area (Å²) in [7, 11) is 0. The Kier molecular flexibility index (Phi) is 22.6. The van der Waals surface area contributed by atoms with Crippen molar-refractivity contribution in [2.24, 2.45) is 11.5 Å². The first-order valence-electron chi connectivity index (χ1n) is 12.3. The van der Waals surface area contributed by atoms with Crippen LogP contribution in [0.15, 0.2) is 18.2 Å². The third-order valence-corrected chi connectivity index (χ3v) is 4.98. The fourth-order valence-corrected chi connectivity index (χ4v) is 3.20. The maximum Gasteiger partial charge on any atom is 0.119 e. The summed E-state index contributed by atoms with van der Waals surface area (Å²) in [4.78, 5) is 0. The molecule has 1 aromatic carbocycles. The number of halogens is 1. The summed E-state index contributed by atoms with van der Waals surface area (Å²) in [5.41, 5.74) is 13.6. The molecule has 8 heteroatoms. The van der Waals surface area contributed by atoms with Gasteiger partial charge in [-0.15, -0.1) is 12.4 Å². The van der Waals surface area contributed by atoms with E-state index in [1.165, 1.54) is 11.1 Å². The van der Waals surface area contributed by atoms with Gasteiger partial charge in [-0.25, -0.2) is 0 Å². The average molecular weight is 473 g/mol. The summed E-state index contributed by atoms with van der Waals surface area (Å²) in [5.74, 6) is 0.983. The van der Waals surface area contributed by atoms with Crippen molar-refractivity contribution in [2.75, 3.05) is 59.0 Å². The van der Waals surface area contributed by atoms with Crippen LogP contribution in [0, 0.1) is 0 Å². The van der Waals surface area contributed by atoms with Crippen molar-refractivity contribution in [3.05, 3.63) is 29.3 Å². The van der Waals surface area contributed by atoms with Gasteiger partial charge in [-0.1, -0.05) is 19.4 Å². The van der Waals surface area contributed by atoms with Crippen LogP contribution < -0.4 is 37.5 Å². The largest absolute Gasteiger partial charge is 0.494 e. The Morgan fingerprint density at radius 2 is 1.12 bits per heavy atom. The molecule has 0 saturated heterocycles. The number of benzene rings is 1. The van der Waals surface area contributed by atoms with Gasteiger partial charge in [0.1, 0.15) is 5.75 Å². The zero-order chi connectivity index (χ0) is 22.4. The quantitative estimate of drug-likeness (QED) is 0.143. The molecule has 8 N–H and O–H groups in total. The van der Waals surface area contributed by atoms with Crippen LogP contribution in [0.1, 0.15) is 56.6 Å². The Bertz CT molecular complexity index is 497.